The standard InChI is InChI=1S/C24H36Cl2O4/c1-2-3-4-11-17-29-23(27)12-9-7-5-6-8-10-13-24(28)30-18-16-20-14-15-21(25)19-22(20)26/h14-15,19H,2-13,16-18H2,1H3. The maximum absolute atomic E-state index is 11.8. The van der Waals surface area contributed by atoms with E-state index in [4.69, 9.17) is 32.7 Å². The van der Waals surface area contributed by atoms with Crippen LogP contribution in [0, 0.1) is 0 Å². The summed E-state index contributed by atoms with van der Waals surface area (Å²) in [6.07, 6.45) is 11.9. The van der Waals surface area contributed by atoms with Crippen molar-refractivity contribution in [3.05, 3.63) is 33.8 Å². The lowest BCUT2D eigenvalue weighted by Crippen LogP contribution is -2.07. The molecule has 0 atom stereocenters. The molecule has 0 aromatic heterocycles. The minimum Gasteiger partial charge on any atom is -0.466 e. The number of esters is 2. The SMILES string of the molecule is CCCCCCOC(=O)CCCCCCCCC(=O)OCCc1ccc(Cl)cc1Cl. The Hall–Kier alpha value is -1.26. The number of rotatable bonds is 17. The Kier molecular flexibility index (Phi) is 15.6. The predicted octanol–water partition coefficient (Wildman–Crippen LogP) is 7.32. The topological polar surface area (TPSA) is 52.6 Å². The molecule has 0 spiro atoms. The van der Waals surface area contributed by atoms with E-state index in [1.165, 1.54) is 12.8 Å². The fourth-order valence-electron chi connectivity index (χ4n) is 3.10. The molecule has 0 saturated heterocycles. The van der Waals surface area contributed by atoms with Gasteiger partial charge in [-0.05, 0) is 37.0 Å². The van der Waals surface area contributed by atoms with Crippen LogP contribution in [0.15, 0.2) is 18.2 Å². The molecule has 30 heavy (non-hydrogen) atoms. The lowest BCUT2D eigenvalue weighted by Gasteiger charge is -2.07. The van der Waals surface area contributed by atoms with Crippen LogP contribution in [0.25, 0.3) is 0 Å². The van der Waals surface area contributed by atoms with Crippen LogP contribution in [0.2, 0.25) is 10.0 Å². The van der Waals surface area contributed by atoms with Gasteiger partial charge in [0.05, 0.1) is 13.2 Å². The maximum atomic E-state index is 11.8. The van der Waals surface area contributed by atoms with Crippen molar-refractivity contribution in [3.63, 3.8) is 0 Å². The Bertz CT molecular complexity index is 619. The van der Waals surface area contributed by atoms with E-state index < -0.39 is 0 Å². The molecule has 4 nitrogen and oxygen atoms in total. The minimum atomic E-state index is -0.165. The quantitative estimate of drug-likeness (QED) is 0.181. The summed E-state index contributed by atoms with van der Waals surface area (Å²) in [6.45, 7) is 3.05. The summed E-state index contributed by atoms with van der Waals surface area (Å²) >= 11 is 12.0. The van der Waals surface area contributed by atoms with Gasteiger partial charge >= 0.3 is 11.9 Å². The second-order valence-corrected chi connectivity index (χ2v) is 8.45. The van der Waals surface area contributed by atoms with Crippen LogP contribution in [0.3, 0.4) is 0 Å². The van der Waals surface area contributed by atoms with E-state index in [9.17, 15) is 9.59 Å². The maximum Gasteiger partial charge on any atom is 0.305 e. The second kappa shape index (κ2) is 17.4. The molecule has 0 saturated carbocycles. The Labute approximate surface area is 191 Å². The van der Waals surface area contributed by atoms with Gasteiger partial charge in [-0.2, -0.15) is 0 Å². The van der Waals surface area contributed by atoms with Crippen molar-refractivity contribution in [2.75, 3.05) is 13.2 Å². The summed E-state index contributed by atoms with van der Waals surface area (Å²) in [5.41, 5.74) is 0.925. The first-order valence-electron chi connectivity index (χ1n) is 11.3. The number of unbranched alkanes of at least 4 members (excludes halogenated alkanes) is 8. The zero-order valence-corrected chi connectivity index (χ0v) is 19.7. The highest BCUT2D eigenvalue weighted by atomic mass is 35.5. The van der Waals surface area contributed by atoms with Gasteiger partial charge in [0.25, 0.3) is 0 Å². The van der Waals surface area contributed by atoms with Crippen LogP contribution < -0.4 is 0 Å². The van der Waals surface area contributed by atoms with Crippen LogP contribution in [0.4, 0.5) is 0 Å². The highest BCUT2D eigenvalue weighted by Crippen LogP contribution is 2.21. The molecular formula is C24H36Cl2O4. The van der Waals surface area contributed by atoms with Crippen molar-refractivity contribution in [2.24, 2.45) is 0 Å². The monoisotopic (exact) mass is 458 g/mol. The molecule has 0 unspecified atom stereocenters. The molecule has 0 bridgehead atoms. The summed E-state index contributed by atoms with van der Waals surface area (Å²) in [4.78, 5) is 23.4. The second-order valence-electron chi connectivity index (χ2n) is 7.61. The molecule has 6 heteroatoms. The number of hydrogen-bond donors (Lipinski definition) is 0. The molecule has 1 aromatic rings. The Morgan fingerprint density at radius 2 is 1.33 bits per heavy atom. The average molecular weight is 459 g/mol. The first-order valence-corrected chi connectivity index (χ1v) is 12.0. The summed E-state index contributed by atoms with van der Waals surface area (Å²) in [6, 6.07) is 5.33. The highest BCUT2D eigenvalue weighted by Gasteiger charge is 2.06. The van der Waals surface area contributed by atoms with E-state index in [-0.39, 0.29) is 11.9 Å². The van der Waals surface area contributed by atoms with E-state index in [1.54, 1.807) is 12.1 Å². The van der Waals surface area contributed by atoms with Gasteiger partial charge in [-0.1, -0.05) is 81.1 Å². The molecule has 1 aromatic carbocycles. The fraction of sp³-hybridized carbons (Fsp3) is 0.667. The van der Waals surface area contributed by atoms with E-state index in [1.807, 2.05) is 6.07 Å². The molecule has 0 heterocycles. The highest BCUT2D eigenvalue weighted by molar-refractivity contribution is 6.35. The van der Waals surface area contributed by atoms with Gasteiger partial charge < -0.3 is 9.47 Å². The van der Waals surface area contributed by atoms with Crippen LogP contribution in [-0.2, 0) is 25.5 Å². The number of halogens is 2. The lowest BCUT2D eigenvalue weighted by atomic mass is 10.1. The van der Waals surface area contributed by atoms with E-state index in [0.717, 1.165) is 56.9 Å². The number of benzene rings is 1. The summed E-state index contributed by atoms with van der Waals surface area (Å²) in [5, 5.41) is 1.19. The molecule has 0 amide bonds. The van der Waals surface area contributed by atoms with E-state index in [2.05, 4.69) is 6.92 Å². The molecule has 0 fully saturated rings. The Balaban J connectivity index is 1.91. The summed E-state index contributed by atoms with van der Waals surface area (Å²) < 4.78 is 10.5. The first kappa shape index (κ1) is 26.8. The molecule has 0 aliphatic rings. The van der Waals surface area contributed by atoms with Gasteiger partial charge in [-0.25, -0.2) is 0 Å². The third-order valence-electron chi connectivity index (χ3n) is 4.92. The van der Waals surface area contributed by atoms with Crippen molar-refractivity contribution >= 4 is 35.1 Å². The molecule has 0 radical (unpaired) electrons. The van der Waals surface area contributed by atoms with Crippen LogP contribution >= 0.6 is 23.2 Å². The van der Waals surface area contributed by atoms with Gasteiger partial charge in [0.2, 0.25) is 0 Å². The summed E-state index contributed by atoms with van der Waals surface area (Å²) in [7, 11) is 0. The van der Waals surface area contributed by atoms with Crippen molar-refractivity contribution in [1.29, 1.82) is 0 Å². The van der Waals surface area contributed by atoms with Gasteiger partial charge in [0.1, 0.15) is 0 Å². The fourth-order valence-corrected chi connectivity index (χ4v) is 3.61. The molecule has 1 rings (SSSR count). The van der Waals surface area contributed by atoms with Gasteiger partial charge in [-0.3, -0.25) is 9.59 Å². The third-order valence-corrected chi connectivity index (χ3v) is 5.51. The molecule has 170 valence electrons. The van der Waals surface area contributed by atoms with Gasteiger partial charge in [-0.15, -0.1) is 0 Å². The lowest BCUT2D eigenvalue weighted by molar-refractivity contribution is -0.144. The van der Waals surface area contributed by atoms with Crippen molar-refractivity contribution in [2.45, 2.75) is 90.4 Å². The smallest absolute Gasteiger partial charge is 0.305 e. The van der Waals surface area contributed by atoms with Gasteiger partial charge in [0, 0.05) is 29.3 Å². The largest absolute Gasteiger partial charge is 0.466 e. The number of carbonyl (C=O) groups is 2. The zero-order chi connectivity index (χ0) is 22.0. The summed E-state index contributed by atoms with van der Waals surface area (Å²) in [5.74, 6) is -0.240. The van der Waals surface area contributed by atoms with E-state index >= 15 is 0 Å². The number of carbonyl (C=O) groups excluding carboxylic acids is 2. The zero-order valence-electron chi connectivity index (χ0n) is 18.2. The first-order chi connectivity index (χ1) is 14.5. The minimum absolute atomic E-state index is 0.0749. The molecule has 0 N–H and O–H groups in total. The number of hydrogen-bond acceptors (Lipinski definition) is 4. The Morgan fingerprint density at radius 1 is 0.767 bits per heavy atom. The van der Waals surface area contributed by atoms with Crippen LogP contribution in [0.1, 0.15) is 89.5 Å². The number of ether oxygens (including phenoxy) is 2. The Morgan fingerprint density at radius 3 is 1.93 bits per heavy atom. The normalized spacial score (nSPS) is 10.8. The van der Waals surface area contributed by atoms with Crippen LogP contribution in [0.5, 0.6) is 0 Å². The molecule has 0 aliphatic heterocycles. The van der Waals surface area contributed by atoms with Crippen molar-refractivity contribution in [3.8, 4) is 0 Å². The van der Waals surface area contributed by atoms with Crippen molar-refractivity contribution in [1.82, 2.24) is 0 Å². The third kappa shape index (κ3) is 13.9. The van der Waals surface area contributed by atoms with Gasteiger partial charge in [0.15, 0.2) is 0 Å². The molecule has 0 aliphatic carbocycles. The van der Waals surface area contributed by atoms with E-state index in [0.29, 0.717) is 42.5 Å². The molecular weight excluding hydrogens is 423 g/mol. The predicted molar refractivity (Wildman–Crippen MR) is 123 cm³/mol. The van der Waals surface area contributed by atoms with Crippen LogP contribution in [-0.4, -0.2) is 25.2 Å². The average Bonchev–Trinajstić information content (AvgIpc) is 2.71. The van der Waals surface area contributed by atoms with Crippen molar-refractivity contribution < 1.29 is 19.1 Å².